The number of fused-ring (bicyclic) bond motifs is 5. The molecular weight excluding hydrogens is 472 g/mol. The highest BCUT2D eigenvalue weighted by Gasteiger charge is 2.58. The van der Waals surface area contributed by atoms with Crippen molar-refractivity contribution in [3.05, 3.63) is 59.9 Å². The topological polar surface area (TPSA) is 133 Å². The summed E-state index contributed by atoms with van der Waals surface area (Å²) in [5.41, 5.74) is -1.54. The van der Waals surface area contributed by atoms with Crippen LogP contribution in [0.4, 0.5) is 0 Å². The van der Waals surface area contributed by atoms with Gasteiger partial charge < -0.3 is 20.8 Å². The summed E-state index contributed by atoms with van der Waals surface area (Å²) in [5, 5.41) is 26.8. The lowest BCUT2D eigenvalue weighted by atomic mass is 9.76. The summed E-state index contributed by atoms with van der Waals surface area (Å²) in [5.74, 6) is -1.19. The van der Waals surface area contributed by atoms with E-state index in [9.17, 15) is 29.4 Å². The van der Waals surface area contributed by atoms with Crippen molar-refractivity contribution in [2.24, 2.45) is 29.6 Å². The molecule has 0 unspecified atom stereocenters. The van der Waals surface area contributed by atoms with Crippen LogP contribution < -0.4 is 10.6 Å². The number of aliphatic hydroxyl groups is 2. The van der Waals surface area contributed by atoms with Crippen LogP contribution in [0.2, 0.25) is 0 Å². The van der Waals surface area contributed by atoms with E-state index in [-0.39, 0.29) is 52.6 Å². The molecule has 4 N–H and O–H groups in total. The van der Waals surface area contributed by atoms with Crippen LogP contribution in [-0.4, -0.2) is 51.8 Å². The van der Waals surface area contributed by atoms with E-state index < -0.39 is 23.3 Å². The average molecular weight is 509 g/mol. The average Bonchev–Trinajstić information content (AvgIpc) is 3.41. The summed E-state index contributed by atoms with van der Waals surface area (Å²) >= 11 is 0. The van der Waals surface area contributed by atoms with Crippen LogP contribution >= 0.6 is 0 Å². The summed E-state index contributed by atoms with van der Waals surface area (Å²) in [4.78, 5) is 49.3. The molecule has 4 aliphatic rings. The minimum Gasteiger partial charge on any atom is -0.507 e. The van der Waals surface area contributed by atoms with Crippen LogP contribution in [0.15, 0.2) is 59.9 Å². The fraction of sp³-hybridized carbons (Fsp3) is 0.517. The molecule has 8 nitrogen and oxygen atoms in total. The normalized spacial score (nSPS) is 42.2. The number of carbonyl (C=O) groups is 4. The Morgan fingerprint density at radius 2 is 1.86 bits per heavy atom. The van der Waals surface area contributed by atoms with Crippen molar-refractivity contribution in [1.29, 1.82) is 0 Å². The van der Waals surface area contributed by atoms with Crippen LogP contribution in [0.1, 0.15) is 46.0 Å². The summed E-state index contributed by atoms with van der Waals surface area (Å²) < 4.78 is 0. The lowest BCUT2D eigenvalue weighted by Crippen LogP contribution is -2.42. The molecule has 2 amide bonds. The number of Topliss-reactive ketones (excluding diaryl/α,β-unsaturated/α-hetero) is 2. The first-order valence-electron chi connectivity index (χ1n) is 13.1. The minimum atomic E-state index is -1.29. The molecule has 2 bridgehead atoms. The van der Waals surface area contributed by atoms with Gasteiger partial charge in [0.2, 0.25) is 5.91 Å². The fourth-order valence-corrected chi connectivity index (χ4v) is 6.74. The van der Waals surface area contributed by atoms with Crippen molar-refractivity contribution in [3.63, 3.8) is 0 Å². The van der Waals surface area contributed by atoms with Crippen molar-refractivity contribution in [1.82, 2.24) is 10.6 Å². The van der Waals surface area contributed by atoms with Crippen molar-refractivity contribution in [2.45, 2.75) is 57.6 Å². The highest BCUT2D eigenvalue weighted by atomic mass is 16.3. The number of carbonyl (C=O) groups excluding carboxylic acids is 4. The van der Waals surface area contributed by atoms with E-state index in [0.29, 0.717) is 32.2 Å². The summed E-state index contributed by atoms with van der Waals surface area (Å²) in [6, 6.07) is -0.719. The highest BCUT2D eigenvalue weighted by Crippen LogP contribution is 2.58. The Morgan fingerprint density at radius 3 is 2.62 bits per heavy atom. The smallest absolute Gasteiger partial charge is 0.259 e. The number of aliphatic hydroxyl groups excluding tert-OH is 1. The maximum Gasteiger partial charge on any atom is 0.259 e. The van der Waals surface area contributed by atoms with E-state index in [0.717, 1.165) is 6.42 Å². The van der Waals surface area contributed by atoms with Crippen molar-refractivity contribution in [2.75, 3.05) is 6.54 Å². The van der Waals surface area contributed by atoms with Gasteiger partial charge in [0.15, 0.2) is 11.6 Å². The molecule has 1 saturated heterocycles. The van der Waals surface area contributed by atoms with Gasteiger partial charge in [-0.25, -0.2) is 0 Å². The summed E-state index contributed by atoms with van der Waals surface area (Å²) in [7, 11) is 0. The standard InChI is InChI=1S/C29H36N2O6/c1-17-25-20(16-29(17,37)18(2)32)15-19-9-6-7-13-24(34)30-14-8-11-22-27(35)26(28(36)31-22)23(33)12-5-3-4-10-21(19)25/h3-7,9,12-13,17,19-22,25,33,37H,8,10-11,14-16H2,1-2H3,(H,30,34)(H,31,36)/b4-3-,9-6-,12-5-,13-7-,26-23-/t17-,19+,20+,21-,22-,25-,29-/m0/s1. The van der Waals surface area contributed by atoms with E-state index in [1.54, 1.807) is 18.2 Å². The summed E-state index contributed by atoms with van der Waals surface area (Å²) in [6.07, 6.45) is 16.8. The minimum absolute atomic E-state index is 0.164. The molecule has 7 atom stereocenters. The molecule has 37 heavy (non-hydrogen) atoms. The van der Waals surface area contributed by atoms with E-state index >= 15 is 0 Å². The lowest BCUT2D eigenvalue weighted by Gasteiger charge is -2.31. The second kappa shape index (κ2) is 11.0. The largest absolute Gasteiger partial charge is 0.507 e. The Balaban J connectivity index is 1.59. The van der Waals surface area contributed by atoms with Gasteiger partial charge in [0.05, 0.1) is 6.04 Å². The van der Waals surface area contributed by atoms with Gasteiger partial charge in [0.25, 0.3) is 5.91 Å². The van der Waals surface area contributed by atoms with Crippen LogP contribution in [-0.2, 0) is 19.2 Å². The Kier molecular flexibility index (Phi) is 7.97. The first-order chi connectivity index (χ1) is 17.6. The van der Waals surface area contributed by atoms with Gasteiger partial charge in [-0.1, -0.05) is 43.4 Å². The SMILES string of the molecule is CC(=O)[C@]1(O)C[C@H]2C[C@H]3/C=C\C=C/C(=O)NCCC[C@@H]4NC(=O)/C(=C(O)/C=C\C=C/C[C@@H]3[C@H]2[C@@H]1C)C4=O. The van der Waals surface area contributed by atoms with E-state index in [1.807, 2.05) is 19.1 Å². The van der Waals surface area contributed by atoms with Gasteiger partial charge in [-0.05, 0) is 74.7 Å². The predicted octanol–water partition coefficient (Wildman–Crippen LogP) is 2.62. The van der Waals surface area contributed by atoms with Crippen LogP contribution in [0.5, 0.6) is 0 Å². The third kappa shape index (κ3) is 5.39. The molecule has 198 valence electrons. The van der Waals surface area contributed by atoms with Crippen molar-refractivity contribution in [3.8, 4) is 0 Å². The fourth-order valence-electron chi connectivity index (χ4n) is 6.74. The van der Waals surface area contributed by atoms with Gasteiger partial charge in [0, 0.05) is 12.6 Å². The number of hydrogen-bond acceptors (Lipinski definition) is 6. The number of allylic oxidation sites excluding steroid dienone is 7. The van der Waals surface area contributed by atoms with Gasteiger partial charge in [0.1, 0.15) is 16.9 Å². The predicted molar refractivity (Wildman–Crippen MR) is 138 cm³/mol. The van der Waals surface area contributed by atoms with Gasteiger partial charge in [-0.15, -0.1) is 0 Å². The molecule has 8 heteroatoms. The third-order valence-electron chi connectivity index (χ3n) is 8.62. The third-order valence-corrected chi connectivity index (χ3v) is 8.62. The highest BCUT2D eigenvalue weighted by molar-refractivity contribution is 6.27. The Labute approximate surface area is 217 Å². The van der Waals surface area contributed by atoms with Gasteiger partial charge >= 0.3 is 0 Å². The van der Waals surface area contributed by atoms with Crippen LogP contribution in [0.3, 0.4) is 0 Å². The number of amides is 2. The number of ketones is 2. The molecule has 2 heterocycles. The molecule has 3 fully saturated rings. The van der Waals surface area contributed by atoms with Gasteiger partial charge in [-0.3, -0.25) is 19.2 Å². The maximum atomic E-state index is 12.6. The van der Waals surface area contributed by atoms with Crippen LogP contribution in [0.25, 0.3) is 0 Å². The molecule has 0 aromatic heterocycles. The molecule has 0 aromatic rings. The second-order valence-corrected chi connectivity index (χ2v) is 10.7. The Bertz CT molecular complexity index is 1120. The quantitative estimate of drug-likeness (QED) is 0.403. The molecule has 0 aromatic carbocycles. The monoisotopic (exact) mass is 508 g/mol. The first kappa shape index (κ1) is 26.8. The Hall–Kier alpha value is -3.26. The van der Waals surface area contributed by atoms with Crippen LogP contribution in [0, 0.1) is 29.6 Å². The molecule has 2 aliphatic heterocycles. The zero-order valence-corrected chi connectivity index (χ0v) is 21.4. The molecular formula is C29H36N2O6. The molecule has 0 spiro atoms. The van der Waals surface area contributed by atoms with E-state index in [1.165, 1.54) is 19.1 Å². The zero-order chi connectivity index (χ0) is 26.7. The number of nitrogens with one attached hydrogen (secondary N) is 2. The molecule has 2 saturated carbocycles. The number of hydrogen-bond donors (Lipinski definition) is 4. The molecule has 4 rings (SSSR count). The van der Waals surface area contributed by atoms with Crippen molar-refractivity contribution >= 4 is 23.4 Å². The number of rotatable bonds is 1. The lowest BCUT2D eigenvalue weighted by molar-refractivity contribution is -0.139. The molecule has 2 aliphatic carbocycles. The summed E-state index contributed by atoms with van der Waals surface area (Å²) in [6.45, 7) is 3.78. The first-order valence-corrected chi connectivity index (χ1v) is 13.1. The Morgan fingerprint density at radius 1 is 1.11 bits per heavy atom. The van der Waals surface area contributed by atoms with E-state index in [4.69, 9.17) is 0 Å². The second-order valence-electron chi connectivity index (χ2n) is 10.7. The zero-order valence-electron chi connectivity index (χ0n) is 21.4. The van der Waals surface area contributed by atoms with E-state index in [2.05, 4.69) is 16.7 Å². The van der Waals surface area contributed by atoms with Gasteiger partial charge in [-0.2, -0.15) is 0 Å². The molecule has 0 radical (unpaired) electrons. The maximum absolute atomic E-state index is 12.6. The van der Waals surface area contributed by atoms with Crippen molar-refractivity contribution < 1.29 is 29.4 Å².